The summed E-state index contributed by atoms with van der Waals surface area (Å²) in [6, 6.07) is 32.9. The quantitative estimate of drug-likeness (QED) is 0.273. The van der Waals surface area contributed by atoms with Crippen LogP contribution in [0.4, 0.5) is 0 Å². The van der Waals surface area contributed by atoms with Crippen molar-refractivity contribution in [2.24, 2.45) is 0 Å². The zero-order valence-corrected chi connectivity index (χ0v) is 18.6. The minimum absolute atomic E-state index is 0.0147. The fourth-order valence-electron chi connectivity index (χ4n) is 3.43. The Balaban J connectivity index is 1.35. The molecule has 4 aromatic carbocycles. The monoisotopic (exact) mass is 438 g/mol. The van der Waals surface area contributed by atoms with Crippen molar-refractivity contribution in [2.45, 2.75) is 19.6 Å². The summed E-state index contributed by atoms with van der Waals surface area (Å²) in [6.45, 7) is 0.945. The molecule has 0 spiro atoms. The summed E-state index contributed by atoms with van der Waals surface area (Å²) in [6.07, 6.45) is 0.298. The van der Waals surface area contributed by atoms with Gasteiger partial charge in [0.2, 0.25) is 0 Å². The third kappa shape index (κ3) is 6.23. The standard InChI is InChI=1S/C29H26O4/c1-31-29-19-25(14-17-28(29)33-21-24-10-6-3-7-11-24)27(30)18-22-12-15-26(16-13-22)32-20-23-8-4-2-5-9-23/h2-17,19H,18,20-21H2,1H3. The molecule has 0 heterocycles. The van der Waals surface area contributed by atoms with Gasteiger partial charge in [0.25, 0.3) is 0 Å². The van der Waals surface area contributed by atoms with Crippen LogP contribution in [0.5, 0.6) is 17.2 Å². The first-order valence-electron chi connectivity index (χ1n) is 10.8. The van der Waals surface area contributed by atoms with Crippen molar-refractivity contribution in [3.8, 4) is 17.2 Å². The molecule has 0 aliphatic heterocycles. The maximum absolute atomic E-state index is 12.8. The van der Waals surface area contributed by atoms with Gasteiger partial charge in [-0.05, 0) is 47.0 Å². The zero-order chi connectivity index (χ0) is 22.9. The lowest BCUT2D eigenvalue weighted by molar-refractivity contribution is 0.0992. The zero-order valence-electron chi connectivity index (χ0n) is 18.6. The number of rotatable bonds is 10. The Morgan fingerprint density at radius 1 is 0.636 bits per heavy atom. The molecule has 4 rings (SSSR count). The average Bonchev–Trinajstić information content (AvgIpc) is 2.88. The normalized spacial score (nSPS) is 10.5. The molecule has 0 saturated carbocycles. The molecule has 4 aromatic rings. The van der Waals surface area contributed by atoms with Crippen LogP contribution in [-0.2, 0) is 19.6 Å². The number of carbonyl (C=O) groups is 1. The number of methoxy groups -OCH3 is 1. The molecule has 0 N–H and O–H groups in total. The Morgan fingerprint density at radius 3 is 1.85 bits per heavy atom. The SMILES string of the molecule is COc1cc(C(=O)Cc2ccc(OCc3ccccc3)cc2)ccc1OCc1ccccc1. The molecule has 166 valence electrons. The first kappa shape index (κ1) is 22.2. The lowest BCUT2D eigenvalue weighted by atomic mass is 10.0. The molecular formula is C29H26O4. The van der Waals surface area contributed by atoms with Crippen LogP contribution in [0.1, 0.15) is 27.0 Å². The smallest absolute Gasteiger partial charge is 0.167 e. The van der Waals surface area contributed by atoms with Crippen LogP contribution in [0.25, 0.3) is 0 Å². The maximum Gasteiger partial charge on any atom is 0.167 e. The van der Waals surface area contributed by atoms with Crippen LogP contribution in [0, 0.1) is 0 Å². The number of ketones is 1. The molecule has 4 heteroatoms. The van der Waals surface area contributed by atoms with E-state index in [4.69, 9.17) is 14.2 Å². The van der Waals surface area contributed by atoms with Crippen molar-refractivity contribution in [2.75, 3.05) is 7.11 Å². The van der Waals surface area contributed by atoms with E-state index in [2.05, 4.69) is 0 Å². The Labute approximate surface area is 194 Å². The van der Waals surface area contributed by atoms with Crippen molar-refractivity contribution in [3.63, 3.8) is 0 Å². The first-order chi connectivity index (χ1) is 16.2. The summed E-state index contributed by atoms with van der Waals surface area (Å²) in [7, 11) is 1.58. The summed E-state index contributed by atoms with van der Waals surface area (Å²) >= 11 is 0. The van der Waals surface area contributed by atoms with Gasteiger partial charge in [0, 0.05) is 12.0 Å². The van der Waals surface area contributed by atoms with Gasteiger partial charge in [0.15, 0.2) is 17.3 Å². The number of benzene rings is 4. The third-order valence-corrected chi connectivity index (χ3v) is 5.26. The minimum Gasteiger partial charge on any atom is -0.493 e. The molecule has 0 aliphatic carbocycles. The van der Waals surface area contributed by atoms with Gasteiger partial charge in [-0.2, -0.15) is 0 Å². The van der Waals surface area contributed by atoms with E-state index in [9.17, 15) is 4.79 Å². The number of ether oxygens (including phenoxy) is 3. The second kappa shape index (κ2) is 11.0. The van der Waals surface area contributed by atoms with Gasteiger partial charge in [0.1, 0.15) is 19.0 Å². The summed E-state index contributed by atoms with van der Waals surface area (Å²) < 4.78 is 17.2. The van der Waals surface area contributed by atoms with Gasteiger partial charge in [-0.3, -0.25) is 4.79 Å². The number of carbonyl (C=O) groups excluding carboxylic acids is 1. The van der Waals surface area contributed by atoms with Crippen LogP contribution in [0.3, 0.4) is 0 Å². The van der Waals surface area contributed by atoms with Gasteiger partial charge >= 0.3 is 0 Å². The Kier molecular flexibility index (Phi) is 7.39. The molecule has 4 nitrogen and oxygen atoms in total. The second-order valence-corrected chi connectivity index (χ2v) is 7.66. The van der Waals surface area contributed by atoms with Crippen LogP contribution in [0.15, 0.2) is 103 Å². The summed E-state index contributed by atoms with van der Waals surface area (Å²) in [5.74, 6) is 1.94. The first-order valence-corrected chi connectivity index (χ1v) is 10.8. The average molecular weight is 439 g/mol. The topological polar surface area (TPSA) is 44.8 Å². The lowest BCUT2D eigenvalue weighted by Crippen LogP contribution is -2.05. The van der Waals surface area contributed by atoms with E-state index in [0.717, 1.165) is 22.4 Å². The lowest BCUT2D eigenvalue weighted by Gasteiger charge is -2.12. The third-order valence-electron chi connectivity index (χ3n) is 5.26. The maximum atomic E-state index is 12.8. The Bertz CT molecular complexity index is 1170. The molecule has 0 aromatic heterocycles. The molecule has 0 bridgehead atoms. The van der Waals surface area contributed by atoms with E-state index < -0.39 is 0 Å². The van der Waals surface area contributed by atoms with E-state index >= 15 is 0 Å². The van der Waals surface area contributed by atoms with Crippen LogP contribution < -0.4 is 14.2 Å². The van der Waals surface area contributed by atoms with E-state index in [1.165, 1.54) is 0 Å². The summed E-state index contributed by atoms with van der Waals surface area (Å²) in [5, 5.41) is 0. The highest BCUT2D eigenvalue weighted by Gasteiger charge is 2.12. The number of Topliss-reactive ketones (excluding diaryl/α,β-unsaturated/α-hetero) is 1. The van der Waals surface area contributed by atoms with Crippen molar-refractivity contribution in [1.29, 1.82) is 0 Å². The fraction of sp³-hybridized carbons (Fsp3) is 0.138. The number of hydrogen-bond donors (Lipinski definition) is 0. The van der Waals surface area contributed by atoms with Crippen molar-refractivity contribution in [1.82, 2.24) is 0 Å². The van der Waals surface area contributed by atoms with Gasteiger partial charge in [-0.15, -0.1) is 0 Å². The van der Waals surface area contributed by atoms with Gasteiger partial charge in [0.05, 0.1) is 7.11 Å². The molecule has 0 aliphatic rings. The second-order valence-electron chi connectivity index (χ2n) is 7.66. The van der Waals surface area contributed by atoms with Crippen molar-refractivity contribution >= 4 is 5.78 Å². The predicted molar refractivity (Wildman–Crippen MR) is 129 cm³/mol. The van der Waals surface area contributed by atoms with Crippen molar-refractivity contribution < 1.29 is 19.0 Å². The van der Waals surface area contributed by atoms with E-state index in [0.29, 0.717) is 36.7 Å². The number of hydrogen-bond acceptors (Lipinski definition) is 4. The Morgan fingerprint density at radius 2 is 1.24 bits per heavy atom. The van der Waals surface area contributed by atoms with E-state index in [-0.39, 0.29) is 5.78 Å². The molecule has 0 unspecified atom stereocenters. The van der Waals surface area contributed by atoms with Crippen LogP contribution in [0.2, 0.25) is 0 Å². The summed E-state index contributed by atoms with van der Waals surface area (Å²) in [4.78, 5) is 12.8. The largest absolute Gasteiger partial charge is 0.493 e. The molecule has 0 amide bonds. The van der Waals surface area contributed by atoms with E-state index in [1.807, 2.05) is 84.9 Å². The highest BCUT2D eigenvalue weighted by Crippen LogP contribution is 2.29. The molecular weight excluding hydrogens is 412 g/mol. The van der Waals surface area contributed by atoms with Crippen molar-refractivity contribution in [3.05, 3.63) is 125 Å². The summed E-state index contributed by atoms with van der Waals surface area (Å²) in [5.41, 5.74) is 3.69. The highest BCUT2D eigenvalue weighted by molar-refractivity contribution is 5.98. The van der Waals surface area contributed by atoms with Crippen LogP contribution >= 0.6 is 0 Å². The minimum atomic E-state index is 0.0147. The molecule has 33 heavy (non-hydrogen) atoms. The Hall–Kier alpha value is -4.05. The van der Waals surface area contributed by atoms with Gasteiger partial charge in [-0.1, -0.05) is 72.8 Å². The van der Waals surface area contributed by atoms with Gasteiger partial charge in [-0.25, -0.2) is 0 Å². The molecule has 0 atom stereocenters. The predicted octanol–water partition coefficient (Wildman–Crippen LogP) is 6.28. The van der Waals surface area contributed by atoms with Gasteiger partial charge < -0.3 is 14.2 Å². The highest BCUT2D eigenvalue weighted by atomic mass is 16.5. The molecule has 0 saturated heterocycles. The van der Waals surface area contributed by atoms with E-state index in [1.54, 1.807) is 25.3 Å². The molecule has 0 fully saturated rings. The molecule has 0 radical (unpaired) electrons. The van der Waals surface area contributed by atoms with Crippen LogP contribution in [-0.4, -0.2) is 12.9 Å². The fourth-order valence-corrected chi connectivity index (χ4v) is 3.43.